The summed E-state index contributed by atoms with van der Waals surface area (Å²) in [5.74, 6) is 0. The van der Waals surface area contributed by atoms with Crippen LogP contribution < -0.4 is 0 Å². The van der Waals surface area contributed by atoms with E-state index in [0.29, 0.717) is 16.5 Å². The number of hydrogen-bond donors (Lipinski definition) is 0. The molecule has 1 aromatic heterocycles. The summed E-state index contributed by atoms with van der Waals surface area (Å²) >= 11 is 0. The Kier molecular flexibility index (Phi) is 3.27. The van der Waals surface area contributed by atoms with Crippen LogP contribution in [0.15, 0.2) is 34.5 Å². The van der Waals surface area contributed by atoms with E-state index in [0.717, 1.165) is 0 Å². The second-order valence-electron chi connectivity index (χ2n) is 3.20. The largest absolute Gasteiger partial charge is 0.259 e. The van der Waals surface area contributed by atoms with Gasteiger partial charge in [-0.1, -0.05) is 9.60 Å². The van der Waals surface area contributed by atoms with Crippen molar-refractivity contribution in [2.24, 2.45) is 10.1 Å². The Morgan fingerprint density at radius 3 is 3.00 bits per heavy atom. The number of hydrogen-bond acceptors (Lipinski definition) is 5. The molecular formula is C9H8FN7. The summed E-state index contributed by atoms with van der Waals surface area (Å²) in [6, 6.07) is 3.22. The molecule has 1 atom stereocenters. The van der Waals surface area contributed by atoms with Gasteiger partial charge in [0.1, 0.15) is 5.69 Å². The molecular weight excluding hydrogens is 225 g/mol. The van der Waals surface area contributed by atoms with Gasteiger partial charge in [0.15, 0.2) is 6.17 Å². The summed E-state index contributed by atoms with van der Waals surface area (Å²) in [5.41, 5.74) is 9.06. The van der Waals surface area contributed by atoms with Gasteiger partial charge in [-0.15, -0.1) is 0 Å². The lowest BCUT2D eigenvalue weighted by Crippen LogP contribution is -2.17. The van der Waals surface area contributed by atoms with E-state index in [1.807, 2.05) is 0 Å². The molecule has 0 spiro atoms. The van der Waals surface area contributed by atoms with Crippen LogP contribution in [0, 0.1) is 0 Å². The van der Waals surface area contributed by atoms with E-state index in [2.05, 4.69) is 25.2 Å². The lowest BCUT2D eigenvalue weighted by molar-refractivity contribution is 0.0356. The molecule has 1 aromatic rings. The highest BCUT2D eigenvalue weighted by Crippen LogP contribution is 2.22. The zero-order chi connectivity index (χ0) is 12.1. The fourth-order valence-electron chi connectivity index (χ4n) is 1.30. The van der Waals surface area contributed by atoms with Crippen molar-refractivity contribution in [3.63, 3.8) is 0 Å². The summed E-state index contributed by atoms with van der Waals surface area (Å²) in [6.07, 6.45) is 3.43. The molecule has 0 aliphatic carbocycles. The van der Waals surface area contributed by atoms with Crippen molar-refractivity contribution in [2.45, 2.75) is 12.7 Å². The molecule has 0 aromatic carbocycles. The van der Waals surface area contributed by atoms with Gasteiger partial charge >= 0.3 is 0 Å². The van der Waals surface area contributed by atoms with E-state index in [-0.39, 0.29) is 6.54 Å². The second-order valence-corrected chi connectivity index (χ2v) is 3.20. The number of allylic oxidation sites excluding steroid dienone is 1. The van der Waals surface area contributed by atoms with Gasteiger partial charge < -0.3 is 0 Å². The monoisotopic (exact) mass is 233 g/mol. The van der Waals surface area contributed by atoms with Crippen molar-refractivity contribution >= 4 is 6.21 Å². The zero-order valence-electron chi connectivity index (χ0n) is 8.68. The molecule has 0 bridgehead atoms. The van der Waals surface area contributed by atoms with Crippen molar-refractivity contribution < 1.29 is 4.48 Å². The van der Waals surface area contributed by atoms with E-state index in [1.54, 1.807) is 12.1 Å². The molecule has 17 heavy (non-hydrogen) atoms. The first-order valence-electron chi connectivity index (χ1n) is 4.78. The zero-order valence-corrected chi connectivity index (χ0v) is 8.68. The Balaban J connectivity index is 2.15. The minimum atomic E-state index is -0.805. The van der Waals surface area contributed by atoms with Gasteiger partial charge in [-0.05, 0) is 23.7 Å². The van der Waals surface area contributed by atoms with Crippen LogP contribution in [0.4, 0.5) is 4.48 Å². The predicted molar refractivity (Wildman–Crippen MR) is 58.2 cm³/mol. The van der Waals surface area contributed by atoms with E-state index >= 15 is 0 Å². The maximum absolute atomic E-state index is 13.3. The third-order valence-electron chi connectivity index (χ3n) is 2.08. The number of azide groups is 1. The minimum absolute atomic E-state index is 0.122. The van der Waals surface area contributed by atoms with Crippen LogP contribution in [0.5, 0.6) is 0 Å². The number of aromatic nitrogens is 2. The molecule has 1 aliphatic heterocycles. The number of aliphatic imine (C=N–C) groups is 1. The first-order valence-corrected chi connectivity index (χ1v) is 4.78. The van der Waals surface area contributed by atoms with E-state index in [4.69, 9.17) is 5.53 Å². The summed E-state index contributed by atoms with van der Waals surface area (Å²) in [6.45, 7) is 0.122. The standard InChI is InChI=1S/C9H8FN7/c10-17-5-1-4-12-9(17)8-3-2-7(14-15-8)6-13-16-11/h1-5,9H,6H2. The maximum Gasteiger partial charge on any atom is 0.193 e. The molecule has 0 amide bonds. The van der Waals surface area contributed by atoms with E-state index in [9.17, 15) is 4.48 Å². The van der Waals surface area contributed by atoms with Crippen LogP contribution in [-0.4, -0.2) is 21.5 Å². The van der Waals surface area contributed by atoms with Crippen molar-refractivity contribution in [1.29, 1.82) is 0 Å². The summed E-state index contributed by atoms with van der Waals surface area (Å²) in [7, 11) is 0. The van der Waals surface area contributed by atoms with Crippen molar-refractivity contribution in [3.8, 4) is 0 Å². The smallest absolute Gasteiger partial charge is 0.193 e. The molecule has 1 aliphatic rings. The average Bonchev–Trinajstić information content (AvgIpc) is 2.38. The summed E-state index contributed by atoms with van der Waals surface area (Å²) in [5, 5.41) is 11.5. The Bertz CT molecular complexity index is 489. The van der Waals surface area contributed by atoms with Crippen LogP contribution in [0.2, 0.25) is 0 Å². The van der Waals surface area contributed by atoms with Crippen LogP contribution >= 0.6 is 0 Å². The normalized spacial score (nSPS) is 17.9. The van der Waals surface area contributed by atoms with E-state index in [1.165, 1.54) is 18.5 Å². The molecule has 8 heteroatoms. The van der Waals surface area contributed by atoms with Gasteiger partial charge in [0.2, 0.25) is 0 Å². The lowest BCUT2D eigenvalue weighted by atomic mass is 10.2. The van der Waals surface area contributed by atoms with Crippen LogP contribution in [-0.2, 0) is 6.54 Å². The SMILES string of the molecule is [N-]=[N+]=NCc1ccc(C2N=CC=CN2F)nn1. The second kappa shape index (κ2) is 5.04. The number of rotatable bonds is 3. The van der Waals surface area contributed by atoms with Gasteiger partial charge in [-0.2, -0.15) is 15.3 Å². The van der Waals surface area contributed by atoms with Crippen LogP contribution in [0.25, 0.3) is 10.4 Å². The number of nitrogens with zero attached hydrogens (tertiary/aromatic N) is 7. The highest BCUT2D eigenvalue weighted by atomic mass is 19.2. The number of halogens is 1. The molecule has 0 radical (unpaired) electrons. The van der Waals surface area contributed by atoms with Crippen molar-refractivity contribution in [3.05, 3.63) is 46.2 Å². The molecule has 0 fully saturated rings. The van der Waals surface area contributed by atoms with Crippen LogP contribution in [0.1, 0.15) is 17.6 Å². The molecule has 2 rings (SSSR count). The predicted octanol–water partition coefficient (Wildman–Crippen LogP) is 2.07. The third kappa shape index (κ3) is 2.56. The summed E-state index contributed by atoms with van der Waals surface area (Å²) in [4.78, 5) is 6.54. The van der Waals surface area contributed by atoms with Crippen LogP contribution in [0.3, 0.4) is 0 Å². The van der Waals surface area contributed by atoms with Gasteiger partial charge in [0, 0.05) is 17.3 Å². The van der Waals surface area contributed by atoms with Gasteiger partial charge in [-0.25, -0.2) is 0 Å². The quantitative estimate of drug-likeness (QED) is 0.346. The molecule has 0 saturated heterocycles. The Hall–Kier alpha value is -2.47. The summed E-state index contributed by atoms with van der Waals surface area (Å²) < 4.78 is 13.3. The fourth-order valence-corrected chi connectivity index (χ4v) is 1.30. The maximum atomic E-state index is 13.3. The third-order valence-corrected chi connectivity index (χ3v) is 2.08. The van der Waals surface area contributed by atoms with Crippen molar-refractivity contribution in [2.75, 3.05) is 0 Å². The molecule has 0 saturated carbocycles. The first kappa shape index (κ1) is 11.0. The van der Waals surface area contributed by atoms with Gasteiger partial charge in [-0.3, -0.25) is 4.99 Å². The first-order chi connectivity index (χ1) is 8.31. The highest BCUT2D eigenvalue weighted by molar-refractivity contribution is 5.71. The van der Waals surface area contributed by atoms with E-state index < -0.39 is 6.17 Å². The molecule has 7 nitrogen and oxygen atoms in total. The highest BCUT2D eigenvalue weighted by Gasteiger charge is 2.19. The molecule has 2 heterocycles. The average molecular weight is 233 g/mol. The van der Waals surface area contributed by atoms with Gasteiger partial charge in [0.25, 0.3) is 0 Å². The van der Waals surface area contributed by atoms with Gasteiger partial charge in [0.05, 0.1) is 12.2 Å². The Morgan fingerprint density at radius 2 is 2.35 bits per heavy atom. The molecule has 1 unspecified atom stereocenters. The molecule has 0 N–H and O–H groups in total. The van der Waals surface area contributed by atoms with Crippen molar-refractivity contribution in [1.82, 2.24) is 15.3 Å². The lowest BCUT2D eigenvalue weighted by Gasteiger charge is -2.19. The topological polar surface area (TPSA) is 90.1 Å². The fraction of sp³-hybridized carbons (Fsp3) is 0.222. The Labute approximate surface area is 95.9 Å². The Morgan fingerprint density at radius 1 is 1.47 bits per heavy atom. The minimum Gasteiger partial charge on any atom is -0.259 e. The molecule has 86 valence electrons.